The van der Waals surface area contributed by atoms with Crippen LogP contribution in [0.4, 0.5) is 24.5 Å². The lowest BCUT2D eigenvalue weighted by molar-refractivity contribution is -0.136. The Kier molecular flexibility index (Phi) is 3.59. The zero-order valence-electron chi connectivity index (χ0n) is 10.1. The summed E-state index contributed by atoms with van der Waals surface area (Å²) in [6, 6.07) is 3.17. The van der Waals surface area contributed by atoms with Gasteiger partial charge in [0.1, 0.15) is 19.2 Å². The molecule has 0 aliphatic heterocycles. The zero-order chi connectivity index (χ0) is 14.8. The normalized spacial score (nSPS) is 11.3. The number of nitrogen functional groups attached to an aromatic ring is 1. The van der Waals surface area contributed by atoms with E-state index >= 15 is 0 Å². The molecule has 0 atom stereocenters. The van der Waals surface area contributed by atoms with Crippen LogP contribution in [0.3, 0.4) is 0 Å². The second-order valence-electron chi connectivity index (χ2n) is 3.94. The molecule has 9 heteroatoms. The van der Waals surface area contributed by atoms with Crippen molar-refractivity contribution in [1.29, 1.82) is 0 Å². The minimum atomic E-state index is -4.57. The number of amides is 1. The number of halogens is 3. The van der Waals surface area contributed by atoms with Gasteiger partial charge in [-0.25, -0.2) is 9.67 Å². The topological polar surface area (TPSA) is 85.8 Å². The van der Waals surface area contributed by atoms with Gasteiger partial charge in [0.25, 0.3) is 0 Å². The van der Waals surface area contributed by atoms with Gasteiger partial charge in [-0.05, 0) is 18.2 Å². The Bertz CT molecular complexity index is 609. The predicted octanol–water partition coefficient (Wildman–Crippen LogP) is 1.52. The molecule has 0 fully saturated rings. The largest absolute Gasteiger partial charge is 0.418 e. The van der Waals surface area contributed by atoms with Crippen molar-refractivity contribution in [2.75, 3.05) is 11.1 Å². The zero-order valence-corrected chi connectivity index (χ0v) is 10.1. The number of nitrogens with two attached hydrogens (primary N) is 1. The number of carbonyl (C=O) groups excluding carboxylic acids is 1. The van der Waals surface area contributed by atoms with Crippen molar-refractivity contribution in [1.82, 2.24) is 14.8 Å². The Balaban J connectivity index is 2.12. The molecule has 0 spiro atoms. The van der Waals surface area contributed by atoms with Crippen LogP contribution in [0.15, 0.2) is 30.9 Å². The number of nitrogens with one attached hydrogen (secondary N) is 1. The van der Waals surface area contributed by atoms with E-state index in [0.717, 1.165) is 12.1 Å². The minimum Gasteiger partial charge on any atom is -0.398 e. The number of nitrogens with zero attached hydrogens (tertiary/aromatic N) is 3. The summed E-state index contributed by atoms with van der Waals surface area (Å²) < 4.78 is 39.2. The third-order valence-corrected chi connectivity index (χ3v) is 2.41. The first kappa shape index (κ1) is 13.8. The molecule has 0 saturated heterocycles. The summed E-state index contributed by atoms with van der Waals surface area (Å²) >= 11 is 0. The third-order valence-electron chi connectivity index (χ3n) is 2.41. The van der Waals surface area contributed by atoms with Crippen LogP contribution in [0.25, 0.3) is 0 Å². The van der Waals surface area contributed by atoms with Crippen molar-refractivity contribution in [3.05, 3.63) is 36.4 Å². The van der Waals surface area contributed by atoms with Crippen molar-refractivity contribution in [2.45, 2.75) is 12.7 Å². The molecule has 6 nitrogen and oxygen atoms in total. The lowest BCUT2D eigenvalue weighted by Crippen LogP contribution is -2.19. The third kappa shape index (κ3) is 3.25. The van der Waals surface area contributed by atoms with Gasteiger partial charge in [0.2, 0.25) is 5.91 Å². The Morgan fingerprint density at radius 3 is 2.75 bits per heavy atom. The van der Waals surface area contributed by atoms with E-state index in [1.807, 2.05) is 0 Å². The van der Waals surface area contributed by atoms with Crippen LogP contribution >= 0.6 is 0 Å². The molecule has 2 rings (SSSR count). The van der Waals surface area contributed by atoms with Gasteiger partial charge in [-0.15, -0.1) is 0 Å². The molecule has 1 aromatic carbocycles. The van der Waals surface area contributed by atoms with Gasteiger partial charge in [-0.3, -0.25) is 4.79 Å². The monoisotopic (exact) mass is 285 g/mol. The molecule has 0 saturated carbocycles. The molecular weight excluding hydrogens is 275 g/mol. The van der Waals surface area contributed by atoms with E-state index in [4.69, 9.17) is 5.73 Å². The number of anilines is 2. The summed E-state index contributed by atoms with van der Waals surface area (Å²) in [5, 5.41) is 6.05. The van der Waals surface area contributed by atoms with E-state index in [1.54, 1.807) is 0 Å². The molecular formula is C11H10F3N5O. The summed E-state index contributed by atoms with van der Waals surface area (Å²) in [6.07, 6.45) is -2.00. The van der Waals surface area contributed by atoms with Crippen LogP contribution in [0, 0.1) is 0 Å². The van der Waals surface area contributed by atoms with Crippen molar-refractivity contribution < 1.29 is 18.0 Å². The van der Waals surface area contributed by atoms with Crippen LogP contribution in [0.2, 0.25) is 0 Å². The summed E-state index contributed by atoms with van der Waals surface area (Å²) in [4.78, 5) is 15.3. The highest BCUT2D eigenvalue weighted by Crippen LogP contribution is 2.35. The van der Waals surface area contributed by atoms with Gasteiger partial charge >= 0.3 is 6.18 Å². The Morgan fingerprint density at radius 1 is 1.40 bits per heavy atom. The maximum atomic E-state index is 12.7. The molecule has 1 amide bonds. The number of alkyl halides is 3. The van der Waals surface area contributed by atoms with Crippen LogP contribution in [-0.4, -0.2) is 20.7 Å². The average molecular weight is 285 g/mol. The number of benzene rings is 1. The summed E-state index contributed by atoms with van der Waals surface area (Å²) in [5.74, 6) is -0.520. The van der Waals surface area contributed by atoms with E-state index in [2.05, 4.69) is 15.4 Å². The van der Waals surface area contributed by atoms with Crippen LogP contribution in [0.1, 0.15) is 5.56 Å². The molecule has 1 aromatic heterocycles. The average Bonchev–Trinajstić information content (AvgIpc) is 2.83. The van der Waals surface area contributed by atoms with Crippen molar-refractivity contribution in [2.24, 2.45) is 0 Å². The molecule has 0 radical (unpaired) electrons. The summed E-state index contributed by atoms with van der Waals surface area (Å²) in [6.45, 7) is -0.147. The fraction of sp³-hybridized carbons (Fsp3) is 0.182. The van der Waals surface area contributed by atoms with Gasteiger partial charge in [0.15, 0.2) is 0 Å². The fourth-order valence-corrected chi connectivity index (χ4v) is 1.54. The molecule has 0 unspecified atom stereocenters. The first-order valence-electron chi connectivity index (χ1n) is 5.45. The van der Waals surface area contributed by atoms with Crippen LogP contribution in [-0.2, 0) is 17.5 Å². The van der Waals surface area contributed by atoms with Gasteiger partial charge in [-0.1, -0.05) is 0 Å². The molecule has 3 N–H and O–H groups in total. The van der Waals surface area contributed by atoms with Crippen LogP contribution < -0.4 is 11.1 Å². The molecule has 2 aromatic rings. The lowest BCUT2D eigenvalue weighted by Gasteiger charge is -2.12. The maximum absolute atomic E-state index is 12.7. The standard InChI is InChI=1S/C11H10F3N5O/c12-11(13,14)8-3-7(1-2-9(8)15)18-10(20)4-19-6-16-5-17-19/h1-3,5-6H,4,15H2,(H,18,20). The molecule has 0 aliphatic carbocycles. The van der Waals surface area contributed by atoms with Gasteiger partial charge < -0.3 is 11.1 Å². The summed E-state index contributed by atoms with van der Waals surface area (Å²) in [5.41, 5.74) is 3.89. The Hall–Kier alpha value is -2.58. The van der Waals surface area contributed by atoms with Gasteiger partial charge in [0, 0.05) is 11.4 Å². The fourth-order valence-electron chi connectivity index (χ4n) is 1.54. The molecule has 0 bridgehead atoms. The molecule has 106 valence electrons. The van der Waals surface area contributed by atoms with Gasteiger partial charge in [-0.2, -0.15) is 18.3 Å². The highest BCUT2D eigenvalue weighted by molar-refractivity contribution is 5.90. The smallest absolute Gasteiger partial charge is 0.398 e. The number of carbonyl (C=O) groups is 1. The Morgan fingerprint density at radius 2 is 2.15 bits per heavy atom. The minimum absolute atomic E-state index is 0.0108. The van der Waals surface area contributed by atoms with E-state index in [-0.39, 0.29) is 12.2 Å². The van der Waals surface area contributed by atoms with Gasteiger partial charge in [0.05, 0.1) is 5.56 Å². The predicted molar refractivity (Wildman–Crippen MR) is 64.5 cm³/mol. The SMILES string of the molecule is Nc1ccc(NC(=O)Cn2cncn2)cc1C(F)(F)F. The molecule has 20 heavy (non-hydrogen) atoms. The van der Waals surface area contributed by atoms with Crippen molar-refractivity contribution in [3.8, 4) is 0 Å². The highest BCUT2D eigenvalue weighted by Gasteiger charge is 2.33. The van der Waals surface area contributed by atoms with Crippen molar-refractivity contribution >= 4 is 17.3 Å². The maximum Gasteiger partial charge on any atom is 0.418 e. The lowest BCUT2D eigenvalue weighted by atomic mass is 10.1. The van der Waals surface area contributed by atoms with E-state index in [0.29, 0.717) is 0 Å². The number of rotatable bonds is 3. The van der Waals surface area contributed by atoms with E-state index in [1.165, 1.54) is 23.4 Å². The first-order chi connectivity index (χ1) is 9.36. The Labute approximate surface area is 111 Å². The van der Waals surface area contributed by atoms with Crippen molar-refractivity contribution in [3.63, 3.8) is 0 Å². The van der Waals surface area contributed by atoms with E-state index in [9.17, 15) is 18.0 Å². The second kappa shape index (κ2) is 5.19. The quantitative estimate of drug-likeness (QED) is 0.837. The first-order valence-corrected chi connectivity index (χ1v) is 5.45. The number of hydrogen-bond donors (Lipinski definition) is 2. The van der Waals surface area contributed by atoms with E-state index < -0.39 is 23.3 Å². The molecule has 0 aliphatic rings. The second-order valence-corrected chi connectivity index (χ2v) is 3.94. The van der Waals surface area contributed by atoms with Crippen LogP contribution in [0.5, 0.6) is 0 Å². The summed E-state index contributed by atoms with van der Waals surface area (Å²) in [7, 11) is 0. The highest BCUT2D eigenvalue weighted by atomic mass is 19.4. The molecule has 1 heterocycles. The number of aromatic nitrogens is 3. The number of hydrogen-bond acceptors (Lipinski definition) is 4.